The molecule has 0 aliphatic heterocycles. The lowest BCUT2D eigenvalue weighted by Gasteiger charge is -2.10. The Bertz CT molecular complexity index is 885. The van der Waals surface area contributed by atoms with E-state index in [9.17, 15) is 9.18 Å². The van der Waals surface area contributed by atoms with Gasteiger partial charge >= 0.3 is 0 Å². The molecule has 6 heteroatoms. The first-order valence-electron chi connectivity index (χ1n) is 7.83. The van der Waals surface area contributed by atoms with Crippen LogP contribution in [-0.4, -0.2) is 15.7 Å². The molecule has 1 N–H and O–H groups in total. The van der Waals surface area contributed by atoms with Crippen LogP contribution in [0.15, 0.2) is 54.7 Å². The molecule has 0 radical (unpaired) electrons. The van der Waals surface area contributed by atoms with E-state index in [4.69, 9.17) is 4.74 Å². The topological polar surface area (TPSA) is 56.2 Å². The van der Waals surface area contributed by atoms with Gasteiger partial charge in [0.1, 0.15) is 0 Å². The average molecular weight is 339 g/mol. The maximum absolute atomic E-state index is 13.5. The van der Waals surface area contributed by atoms with E-state index in [1.165, 1.54) is 16.8 Å². The highest BCUT2D eigenvalue weighted by Gasteiger charge is 2.13. The number of aromatic nitrogens is 2. The SMILES string of the molecule is Cc1cccc(C)c1NC(=O)c1ccn(COc2ccccc2F)n1. The molecule has 1 amide bonds. The molecule has 3 rings (SSSR count). The van der Waals surface area contributed by atoms with E-state index in [0.29, 0.717) is 0 Å². The van der Waals surface area contributed by atoms with Crippen molar-refractivity contribution in [1.29, 1.82) is 0 Å². The largest absolute Gasteiger partial charge is 0.468 e. The average Bonchev–Trinajstić information content (AvgIpc) is 3.06. The first kappa shape index (κ1) is 16.7. The van der Waals surface area contributed by atoms with Crippen LogP contribution in [-0.2, 0) is 6.73 Å². The number of benzene rings is 2. The number of hydrogen-bond acceptors (Lipinski definition) is 3. The van der Waals surface area contributed by atoms with Gasteiger partial charge in [0, 0.05) is 11.9 Å². The number of nitrogens with one attached hydrogen (secondary N) is 1. The molecule has 0 bridgehead atoms. The Labute approximate surface area is 145 Å². The van der Waals surface area contributed by atoms with E-state index in [1.54, 1.807) is 24.4 Å². The predicted molar refractivity (Wildman–Crippen MR) is 93.1 cm³/mol. The molecule has 0 saturated heterocycles. The molecular weight excluding hydrogens is 321 g/mol. The quantitative estimate of drug-likeness (QED) is 0.766. The summed E-state index contributed by atoms with van der Waals surface area (Å²) in [6.07, 6.45) is 1.61. The monoisotopic (exact) mass is 339 g/mol. The second-order valence-corrected chi connectivity index (χ2v) is 5.67. The number of hydrogen-bond donors (Lipinski definition) is 1. The van der Waals surface area contributed by atoms with Crippen molar-refractivity contribution < 1.29 is 13.9 Å². The molecule has 25 heavy (non-hydrogen) atoms. The van der Waals surface area contributed by atoms with Gasteiger partial charge in [-0.3, -0.25) is 4.79 Å². The summed E-state index contributed by atoms with van der Waals surface area (Å²) in [5, 5.41) is 7.04. The molecule has 1 heterocycles. The zero-order valence-corrected chi connectivity index (χ0v) is 14.0. The second kappa shape index (κ2) is 7.17. The van der Waals surface area contributed by atoms with Gasteiger partial charge in [-0.2, -0.15) is 5.10 Å². The number of halogens is 1. The second-order valence-electron chi connectivity index (χ2n) is 5.67. The highest BCUT2D eigenvalue weighted by atomic mass is 19.1. The summed E-state index contributed by atoms with van der Waals surface area (Å²) in [5.41, 5.74) is 3.01. The van der Waals surface area contributed by atoms with E-state index >= 15 is 0 Å². The lowest BCUT2D eigenvalue weighted by Crippen LogP contribution is -2.15. The van der Waals surface area contributed by atoms with Crippen LogP contribution in [0.5, 0.6) is 5.75 Å². The maximum Gasteiger partial charge on any atom is 0.276 e. The third kappa shape index (κ3) is 3.85. The number of para-hydroxylation sites is 2. The molecule has 128 valence electrons. The van der Waals surface area contributed by atoms with Crippen LogP contribution < -0.4 is 10.1 Å². The molecule has 0 fully saturated rings. The first-order valence-corrected chi connectivity index (χ1v) is 7.83. The zero-order chi connectivity index (χ0) is 17.8. The fraction of sp³-hybridized carbons (Fsp3) is 0.158. The number of anilines is 1. The van der Waals surface area contributed by atoms with Crippen molar-refractivity contribution >= 4 is 11.6 Å². The normalized spacial score (nSPS) is 10.5. The molecule has 0 spiro atoms. The van der Waals surface area contributed by atoms with Gasteiger partial charge in [0.25, 0.3) is 5.91 Å². The van der Waals surface area contributed by atoms with Gasteiger partial charge in [-0.25, -0.2) is 9.07 Å². The Kier molecular flexibility index (Phi) is 4.79. The van der Waals surface area contributed by atoms with Crippen LogP contribution in [0.4, 0.5) is 10.1 Å². The van der Waals surface area contributed by atoms with E-state index < -0.39 is 5.82 Å². The van der Waals surface area contributed by atoms with E-state index in [0.717, 1.165) is 16.8 Å². The summed E-state index contributed by atoms with van der Waals surface area (Å²) in [5.74, 6) is -0.607. The number of ether oxygens (including phenoxy) is 1. The van der Waals surface area contributed by atoms with Crippen LogP contribution >= 0.6 is 0 Å². The predicted octanol–water partition coefficient (Wildman–Crippen LogP) is 3.93. The number of rotatable bonds is 5. The highest BCUT2D eigenvalue weighted by molar-refractivity contribution is 6.03. The van der Waals surface area contributed by atoms with Gasteiger partial charge in [-0.05, 0) is 43.2 Å². The van der Waals surface area contributed by atoms with Crippen molar-refractivity contribution in [2.75, 3.05) is 5.32 Å². The lowest BCUT2D eigenvalue weighted by molar-refractivity contribution is 0.102. The molecule has 0 unspecified atom stereocenters. The first-order chi connectivity index (χ1) is 12.0. The standard InChI is InChI=1S/C19H18FN3O2/c1-13-6-5-7-14(2)18(13)21-19(24)16-10-11-23(22-16)12-25-17-9-4-3-8-15(17)20/h3-11H,12H2,1-2H3,(H,21,24). The Morgan fingerprint density at radius 2 is 1.84 bits per heavy atom. The van der Waals surface area contributed by atoms with E-state index in [2.05, 4.69) is 10.4 Å². The van der Waals surface area contributed by atoms with Crippen molar-refractivity contribution in [3.63, 3.8) is 0 Å². The molecule has 0 atom stereocenters. The van der Waals surface area contributed by atoms with Crippen molar-refractivity contribution in [2.45, 2.75) is 20.6 Å². The number of carbonyl (C=O) groups excluding carboxylic acids is 1. The van der Waals surface area contributed by atoms with Gasteiger partial charge in [-0.15, -0.1) is 0 Å². The van der Waals surface area contributed by atoms with Crippen molar-refractivity contribution in [3.05, 3.63) is 77.4 Å². The van der Waals surface area contributed by atoms with Crippen LogP contribution in [0.2, 0.25) is 0 Å². The summed E-state index contributed by atoms with van der Waals surface area (Å²) in [6.45, 7) is 3.88. The van der Waals surface area contributed by atoms with Crippen LogP contribution in [0.1, 0.15) is 21.6 Å². The number of aryl methyl sites for hydroxylation is 2. The molecule has 2 aromatic carbocycles. The van der Waals surface area contributed by atoms with Gasteiger partial charge in [-0.1, -0.05) is 30.3 Å². The molecule has 1 aromatic heterocycles. The van der Waals surface area contributed by atoms with Crippen LogP contribution in [0.25, 0.3) is 0 Å². The summed E-state index contributed by atoms with van der Waals surface area (Å²) < 4.78 is 20.3. The van der Waals surface area contributed by atoms with Crippen molar-refractivity contribution in [1.82, 2.24) is 9.78 Å². The molecule has 0 aliphatic rings. The molecule has 5 nitrogen and oxygen atoms in total. The van der Waals surface area contributed by atoms with Gasteiger partial charge < -0.3 is 10.1 Å². The maximum atomic E-state index is 13.5. The van der Waals surface area contributed by atoms with E-state index in [-0.39, 0.29) is 24.1 Å². The van der Waals surface area contributed by atoms with Gasteiger partial charge in [0.15, 0.2) is 24.0 Å². The summed E-state index contributed by atoms with van der Waals surface area (Å²) in [4.78, 5) is 12.4. The minimum Gasteiger partial charge on any atom is -0.468 e. The molecule has 3 aromatic rings. The van der Waals surface area contributed by atoms with Crippen LogP contribution in [0, 0.1) is 19.7 Å². The smallest absolute Gasteiger partial charge is 0.276 e. The summed E-state index contributed by atoms with van der Waals surface area (Å²) in [7, 11) is 0. The Morgan fingerprint density at radius 3 is 2.56 bits per heavy atom. The summed E-state index contributed by atoms with van der Waals surface area (Å²) in [6, 6.07) is 13.5. The number of amides is 1. The molecule has 0 aliphatic carbocycles. The number of nitrogens with zero attached hydrogens (tertiary/aromatic N) is 2. The third-order valence-corrected chi connectivity index (χ3v) is 3.78. The third-order valence-electron chi connectivity index (χ3n) is 3.78. The zero-order valence-electron chi connectivity index (χ0n) is 14.0. The summed E-state index contributed by atoms with van der Waals surface area (Å²) >= 11 is 0. The molecule has 0 saturated carbocycles. The minimum atomic E-state index is -0.442. The Hall–Kier alpha value is -3.15. The Balaban J connectivity index is 1.67. The molecular formula is C19H18FN3O2. The highest BCUT2D eigenvalue weighted by Crippen LogP contribution is 2.20. The van der Waals surface area contributed by atoms with Crippen molar-refractivity contribution in [2.24, 2.45) is 0 Å². The van der Waals surface area contributed by atoms with Gasteiger partial charge in [0.05, 0.1) is 0 Å². The van der Waals surface area contributed by atoms with Crippen molar-refractivity contribution in [3.8, 4) is 5.75 Å². The minimum absolute atomic E-state index is 0.0115. The number of carbonyl (C=O) groups is 1. The van der Waals surface area contributed by atoms with E-state index in [1.807, 2.05) is 32.0 Å². The van der Waals surface area contributed by atoms with Gasteiger partial charge in [0.2, 0.25) is 0 Å². The lowest BCUT2D eigenvalue weighted by atomic mass is 10.1. The Morgan fingerprint density at radius 1 is 1.12 bits per heavy atom. The fourth-order valence-electron chi connectivity index (χ4n) is 2.44. The fourth-order valence-corrected chi connectivity index (χ4v) is 2.44. The van der Waals surface area contributed by atoms with Crippen LogP contribution in [0.3, 0.4) is 0 Å².